The molecule has 1 aromatic heterocycles. The summed E-state index contributed by atoms with van der Waals surface area (Å²) >= 11 is 1.82. The molecule has 3 heteroatoms. The van der Waals surface area contributed by atoms with Crippen molar-refractivity contribution < 1.29 is 0 Å². The van der Waals surface area contributed by atoms with Crippen molar-refractivity contribution >= 4 is 11.3 Å². The van der Waals surface area contributed by atoms with Gasteiger partial charge in [-0.3, -0.25) is 0 Å². The van der Waals surface area contributed by atoms with Gasteiger partial charge in [0.15, 0.2) is 0 Å². The van der Waals surface area contributed by atoms with Gasteiger partial charge in [0.25, 0.3) is 0 Å². The van der Waals surface area contributed by atoms with E-state index in [1.54, 1.807) is 0 Å². The van der Waals surface area contributed by atoms with Gasteiger partial charge in [-0.15, -0.1) is 11.3 Å². The second-order valence-electron chi connectivity index (χ2n) is 5.05. The highest BCUT2D eigenvalue weighted by atomic mass is 32.1. The first-order valence-corrected chi connectivity index (χ1v) is 7.12. The summed E-state index contributed by atoms with van der Waals surface area (Å²) in [4.78, 5) is 5.90. The van der Waals surface area contributed by atoms with Gasteiger partial charge in [-0.1, -0.05) is 19.8 Å². The molecule has 0 aliphatic heterocycles. The summed E-state index contributed by atoms with van der Waals surface area (Å²) < 4.78 is 0. The highest BCUT2D eigenvalue weighted by Gasteiger charge is 2.22. The third kappa shape index (κ3) is 2.83. The molecule has 1 N–H and O–H groups in total. The van der Waals surface area contributed by atoms with E-state index in [0.717, 1.165) is 18.4 Å². The molecular formula is C13H22N2S. The Hall–Kier alpha value is -0.410. The Labute approximate surface area is 102 Å². The Morgan fingerprint density at radius 3 is 2.75 bits per heavy atom. The summed E-state index contributed by atoms with van der Waals surface area (Å²) in [6.45, 7) is 8.74. The minimum absolute atomic E-state index is 0.891. The largest absolute Gasteiger partial charge is 0.310 e. The van der Waals surface area contributed by atoms with Crippen LogP contribution in [0, 0.1) is 25.7 Å². The quantitative estimate of drug-likeness (QED) is 0.870. The number of thiazole rings is 1. The molecule has 2 atom stereocenters. The monoisotopic (exact) mass is 238 g/mol. The molecule has 1 fully saturated rings. The summed E-state index contributed by atoms with van der Waals surface area (Å²) in [5.74, 6) is 1.80. The highest BCUT2D eigenvalue weighted by molar-refractivity contribution is 7.11. The molecule has 1 aromatic rings. The maximum Gasteiger partial charge on any atom is 0.107 e. The molecule has 0 spiro atoms. The lowest BCUT2D eigenvalue weighted by Crippen LogP contribution is -2.23. The Kier molecular flexibility index (Phi) is 3.98. The fourth-order valence-corrected chi connectivity index (χ4v) is 3.41. The summed E-state index contributed by atoms with van der Waals surface area (Å²) in [5.41, 5.74) is 1.19. The molecule has 1 saturated carbocycles. The molecule has 0 radical (unpaired) electrons. The Bertz CT molecular complexity index is 326. The number of nitrogens with one attached hydrogen (secondary N) is 1. The molecule has 90 valence electrons. The maximum absolute atomic E-state index is 4.55. The molecular weight excluding hydrogens is 216 g/mol. The van der Waals surface area contributed by atoms with E-state index in [1.807, 2.05) is 11.3 Å². The molecule has 16 heavy (non-hydrogen) atoms. The topological polar surface area (TPSA) is 24.9 Å². The van der Waals surface area contributed by atoms with E-state index < -0.39 is 0 Å². The molecule has 0 aromatic carbocycles. The van der Waals surface area contributed by atoms with Crippen molar-refractivity contribution in [3.05, 3.63) is 15.6 Å². The summed E-state index contributed by atoms with van der Waals surface area (Å²) in [6.07, 6.45) is 4.24. The van der Waals surface area contributed by atoms with Crippen molar-refractivity contribution in [1.82, 2.24) is 10.3 Å². The van der Waals surface area contributed by atoms with Gasteiger partial charge in [0.1, 0.15) is 5.01 Å². The van der Waals surface area contributed by atoms with Crippen molar-refractivity contribution in [2.75, 3.05) is 6.54 Å². The molecule has 2 unspecified atom stereocenters. The van der Waals surface area contributed by atoms with Crippen LogP contribution >= 0.6 is 11.3 Å². The minimum Gasteiger partial charge on any atom is -0.310 e. The molecule has 1 heterocycles. The lowest BCUT2D eigenvalue weighted by molar-refractivity contribution is 0.392. The summed E-state index contributed by atoms with van der Waals surface area (Å²) in [7, 11) is 0. The van der Waals surface area contributed by atoms with E-state index >= 15 is 0 Å². The molecule has 2 rings (SSSR count). The first-order valence-electron chi connectivity index (χ1n) is 6.30. The molecule has 2 nitrogen and oxygen atoms in total. The van der Waals surface area contributed by atoms with Crippen LogP contribution in [0.1, 0.15) is 41.8 Å². The first kappa shape index (κ1) is 12.1. The summed E-state index contributed by atoms with van der Waals surface area (Å²) in [6, 6.07) is 0. The standard InChI is InChI=1S/C13H22N2S/c1-9-5-4-6-12(9)7-14-8-13-15-10(2)11(3)16-13/h9,12,14H,4-8H2,1-3H3. The van der Waals surface area contributed by atoms with E-state index in [2.05, 4.69) is 31.1 Å². The average molecular weight is 238 g/mol. The zero-order chi connectivity index (χ0) is 11.5. The van der Waals surface area contributed by atoms with Crippen LogP contribution in [0.15, 0.2) is 0 Å². The third-order valence-electron chi connectivity index (χ3n) is 3.79. The maximum atomic E-state index is 4.55. The number of rotatable bonds is 4. The van der Waals surface area contributed by atoms with Gasteiger partial charge in [0.05, 0.1) is 5.69 Å². The van der Waals surface area contributed by atoms with Crippen LogP contribution in [-0.2, 0) is 6.54 Å². The number of aryl methyl sites for hydroxylation is 2. The van der Waals surface area contributed by atoms with E-state index in [-0.39, 0.29) is 0 Å². The van der Waals surface area contributed by atoms with E-state index in [4.69, 9.17) is 0 Å². The van der Waals surface area contributed by atoms with Crippen molar-refractivity contribution in [1.29, 1.82) is 0 Å². The first-order chi connectivity index (χ1) is 7.66. The van der Waals surface area contributed by atoms with Gasteiger partial charge in [0.2, 0.25) is 0 Å². The Morgan fingerprint density at radius 2 is 2.19 bits per heavy atom. The zero-order valence-corrected chi connectivity index (χ0v) is 11.4. The molecule has 1 aliphatic carbocycles. The molecule has 1 aliphatic rings. The lowest BCUT2D eigenvalue weighted by atomic mass is 9.98. The van der Waals surface area contributed by atoms with Crippen LogP contribution in [-0.4, -0.2) is 11.5 Å². The van der Waals surface area contributed by atoms with Crippen LogP contribution in [0.25, 0.3) is 0 Å². The second-order valence-corrected chi connectivity index (χ2v) is 6.34. The van der Waals surface area contributed by atoms with Gasteiger partial charge in [0, 0.05) is 11.4 Å². The van der Waals surface area contributed by atoms with Crippen molar-refractivity contribution in [3.8, 4) is 0 Å². The van der Waals surface area contributed by atoms with E-state index in [9.17, 15) is 0 Å². The van der Waals surface area contributed by atoms with Crippen LogP contribution in [0.4, 0.5) is 0 Å². The SMILES string of the molecule is Cc1nc(CNCC2CCCC2C)sc1C. The second kappa shape index (κ2) is 5.28. The van der Waals surface area contributed by atoms with Gasteiger partial charge >= 0.3 is 0 Å². The van der Waals surface area contributed by atoms with Gasteiger partial charge in [-0.2, -0.15) is 0 Å². The number of nitrogens with zero attached hydrogens (tertiary/aromatic N) is 1. The predicted molar refractivity (Wildman–Crippen MR) is 69.8 cm³/mol. The van der Waals surface area contributed by atoms with Gasteiger partial charge in [-0.25, -0.2) is 4.98 Å². The van der Waals surface area contributed by atoms with Crippen LogP contribution < -0.4 is 5.32 Å². The van der Waals surface area contributed by atoms with Crippen LogP contribution in [0.5, 0.6) is 0 Å². The third-order valence-corrected chi connectivity index (χ3v) is 4.87. The van der Waals surface area contributed by atoms with Crippen LogP contribution in [0.2, 0.25) is 0 Å². The normalized spacial score (nSPS) is 25.2. The Balaban J connectivity index is 1.75. The number of aromatic nitrogens is 1. The lowest BCUT2D eigenvalue weighted by Gasteiger charge is -2.15. The summed E-state index contributed by atoms with van der Waals surface area (Å²) in [5, 5.41) is 4.80. The smallest absolute Gasteiger partial charge is 0.107 e. The fourth-order valence-electron chi connectivity index (χ4n) is 2.50. The van der Waals surface area contributed by atoms with E-state index in [0.29, 0.717) is 0 Å². The highest BCUT2D eigenvalue weighted by Crippen LogP contribution is 2.30. The molecule has 0 amide bonds. The Morgan fingerprint density at radius 1 is 1.38 bits per heavy atom. The predicted octanol–water partition coefficient (Wildman–Crippen LogP) is 3.29. The van der Waals surface area contributed by atoms with Gasteiger partial charge < -0.3 is 5.32 Å². The van der Waals surface area contributed by atoms with E-state index in [1.165, 1.54) is 41.4 Å². The number of hydrogen-bond donors (Lipinski definition) is 1. The van der Waals surface area contributed by atoms with Crippen molar-refractivity contribution in [3.63, 3.8) is 0 Å². The van der Waals surface area contributed by atoms with Crippen LogP contribution in [0.3, 0.4) is 0 Å². The molecule has 0 saturated heterocycles. The minimum atomic E-state index is 0.891. The van der Waals surface area contributed by atoms with Crippen molar-refractivity contribution in [2.45, 2.75) is 46.6 Å². The zero-order valence-electron chi connectivity index (χ0n) is 10.5. The van der Waals surface area contributed by atoms with Gasteiger partial charge in [-0.05, 0) is 38.6 Å². The van der Waals surface area contributed by atoms with Crippen molar-refractivity contribution in [2.24, 2.45) is 11.8 Å². The number of hydrogen-bond acceptors (Lipinski definition) is 3. The molecule has 0 bridgehead atoms. The fraction of sp³-hybridized carbons (Fsp3) is 0.769. The average Bonchev–Trinajstić information content (AvgIpc) is 2.76.